The Morgan fingerprint density at radius 3 is 2.69 bits per heavy atom. The zero-order valence-corrected chi connectivity index (χ0v) is 14.7. The molecule has 0 atom stereocenters. The summed E-state index contributed by atoms with van der Waals surface area (Å²) < 4.78 is 12.4. The minimum absolute atomic E-state index is 0.342. The molecule has 0 saturated carbocycles. The summed E-state index contributed by atoms with van der Waals surface area (Å²) >= 11 is 0. The van der Waals surface area contributed by atoms with Crippen LogP contribution >= 0.6 is 0 Å². The third-order valence-corrected chi connectivity index (χ3v) is 4.21. The Hall–Kier alpha value is -3.48. The number of benzene rings is 2. The van der Waals surface area contributed by atoms with Crippen LogP contribution in [-0.4, -0.2) is 32.2 Å². The first-order valence-electron chi connectivity index (χ1n) is 8.14. The van der Waals surface area contributed by atoms with Gasteiger partial charge in [0.25, 0.3) is 5.89 Å². The van der Waals surface area contributed by atoms with Crippen molar-refractivity contribution in [3.63, 3.8) is 0 Å². The minimum atomic E-state index is 0.342. The lowest BCUT2D eigenvalue weighted by Gasteiger charge is -2.05. The van der Waals surface area contributed by atoms with Crippen LogP contribution in [-0.2, 0) is 0 Å². The fraction of sp³-hybridized carbons (Fsp3) is 0.158. The van der Waals surface area contributed by atoms with E-state index >= 15 is 0 Å². The molecule has 4 aromatic rings. The van der Waals surface area contributed by atoms with Gasteiger partial charge in [-0.15, -0.1) is 5.10 Å². The summed E-state index contributed by atoms with van der Waals surface area (Å²) in [4.78, 5) is 4.49. The molecular weight excluding hydrogens is 330 g/mol. The molecule has 7 nitrogen and oxygen atoms in total. The molecule has 0 N–H and O–H groups in total. The Labute approximate surface area is 150 Å². The molecule has 2 aromatic carbocycles. The molecule has 0 aliphatic heterocycles. The fourth-order valence-corrected chi connectivity index (χ4v) is 2.77. The van der Waals surface area contributed by atoms with Gasteiger partial charge in [-0.1, -0.05) is 40.7 Å². The molecule has 0 unspecified atom stereocenters. The molecule has 26 heavy (non-hydrogen) atoms. The number of aromatic nitrogens is 5. The van der Waals surface area contributed by atoms with Crippen LogP contribution in [0.2, 0.25) is 0 Å². The molecule has 7 heteroatoms. The van der Waals surface area contributed by atoms with Crippen molar-refractivity contribution in [1.29, 1.82) is 0 Å². The van der Waals surface area contributed by atoms with Crippen LogP contribution in [0.1, 0.15) is 11.3 Å². The van der Waals surface area contributed by atoms with Crippen LogP contribution in [0.15, 0.2) is 53.1 Å². The summed E-state index contributed by atoms with van der Waals surface area (Å²) in [6.45, 7) is 3.92. The first kappa shape index (κ1) is 16.0. The molecule has 0 aliphatic carbocycles. The fourth-order valence-electron chi connectivity index (χ4n) is 2.77. The standard InChI is InChI=1S/C19H17N5O2/c1-12-7-4-5-10-16(12)18-20-19(26-22-18)17-13(2)24(23-21-17)14-8-6-9-15(11-14)25-3/h4-11H,1-3H3. The van der Waals surface area contributed by atoms with Crippen molar-refractivity contribution in [2.45, 2.75) is 13.8 Å². The molecule has 4 rings (SSSR count). The van der Waals surface area contributed by atoms with E-state index in [1.807, 2.05) is 62.4 Å². The van der Waals surface area contributed by atoms with Gasteiger partial charge in [0.15, 0.2) is 5.69 Å². The molecule has 0 spiro atoms. The van der Waals surface area contributed by atoms with E-state index in [9.17, 15) is 0 Å². The van der Waals surface area contributed by atoms with Crippen molar-refractivity contribution in [3.05, 3.63) is 59.8 Å². The molecule has 0 bridgehead atoms. The van der Waals surface area contributed by atoms with Crippen LogP contribution in [0.4, 0.5) is 0 Å². The van der Waals surface area contributed by atoms with Crippen LogP contribution < -0.4 is 4.74 Å². The number of nitrogens with zero attached hydrogens (tertiary/aromatic N) is 5. The lowest BCUT2D eigenvalue weighted by Crippen LogP contribution is -1.99. The van der Waals surface area contributed by atoms with E-state index in [1.54, 1.807) is 11.8 Å². The molecule has 0 radical (unpaired) electrons. The molecule has 2 aromatic heterocycles. The highest BCUT2D eigenvalue weighted by Crippen LogP contribution is 2.26. The van der Waals surface area contributed by atoms with Crippen LogP contribution in [0.5, 0.6) is 5.75 Å². The maximum absolute atomic E-state index is 5.43. The third kappa shape index (κ3) is 2.73. The van der Waals surface area contributed by atoms with E-state index in [0.29, 0.717) is 17.4 Å². The highest BCUT2D eigenvalue weighted by Gasteiger charge is 2.19. The Bertz CT molecular complexity index is 1070. The largest absolute Gasteiger partial charge is 0.497 e. The monoisotopic (exact) mass is 347 g/mol. The maximum Gasteiger partial charge on any atom is 0.280 e. The Morgan fingerprint density at radius 1 is 1.04 bits per heavy atom. The minimum Gasteiger partial charge on any atom is -0.497 e. The summed E-state index contributed by atoms with van der Waals surface area (Å²) in [5.41, 5.74) is 4.22. The summed E-state index contributed by atoms with van der Waals surface area (Å²) in [6, 6.07) is 15.5. The van der Waals surface area contributed by atoms with Gasteiger partial charge >= 0.3 is 0 Å². The SMILES string of the molecule is COc1cccc(-n2nnc(-c3nc(-c4ccccc4C)no3)c2C)c1. The summed E-state index contributed by atoms with van der Waals surface area (Å²) in [6.07, 6.45) is 0. The Kier molecular flexibility index (Phi) is 3.96. The van der Waals surface area contributed by atoms with E-state index in [1.165, 1.54) is 0 Å². The second kappa shape index (κ2) is 6.44. The first-order valence-corrected chi connectivity index (χ1v) is 8.14. The van der Waals surface area contributed by atoms with Gasteiger partial charge < -0.3 is 9.26 Å². The topological polar surface area (TPSA) is 78.9 Å². The van der Waals surface area contributed by atoms with E-state index in [2.05, 4.69) is 20.5 Å². The number of hydrogen-bond acceptors (Lipinski definition) is 6. The normalized spacial score (nSPS) is 10.9. The average Bonchev–Trinajstić information content (AvgIpc) is 3.29. The van der Waals surface area contributed by atoms with Crippen molar-refractivity contribution in [2.75, 3.05) is 7.11 Å². The van der Waals surface area contributed by atoms with E-state index < -0.39 is 0 Å². The molecule has 0 amide bonds. The zero-order chi connectivity index (χ0) is 18.1. The molecule has 0 aliphatic rings. The second-order valence-electron chi connectivity index (χ2n) is 5.87. The number of hydrogen-bond donors (Lipinski definition) is 0. The summed E-state index contributed by atoms with van der Waals surface area (Å²) in [5, 5.41) is 12.5. The molecule has 130 valence electrons. The Balaban J connectivity index is 1.72. The number of methoxy groups -OCH3 is 1. The quantitative estimate of drug-likeness (QED) is 0.561. The molecule has 2 heterocycles. The van der Waals surface area contributed by atoms with Crippen molar-refractivity contribution in [2.24, 2.45) is 0 Å². The molecular formula is C19H17N5O2. The van der Waals surface area contributed by atoms with Gasteiger partial charge in [0.1, 0.15) is 5.75 Å². The number of ether oxygens (including phenoxy) is 1. The average molecular weight is 347 g/mol. The number of rotatable bonds is 4. The van der Waals surface area contributed by atoms with Crippen molar-refractivity contribution >= 4 is 0 Å². The van der Waals surface area contributed by atoms with E-state index in [-0.39, 0.29) is 0 Å². The van der Waals surface area contributed by atoms with Gasteiger partial charge in [-0.3, -0.25) is 0 Å². The summed E-state index contributed by atoms with van der Waals surface area (Å²) in [7, 11) is 1.63. The highest BCUT2D eigenvalue weighted by molar-refractivity contribution is 5.62. The van der Waals surface area contributed by atoms with E-state index in [4.69, 9.17) is 9.26 Å². The van der Waals surface area contributed by atoms with Gasteiger partial charge in [-0.2, -0.15) is 4.98 Å². The maximum atomic E-state index is 5.43. The predicted molar refractivity (Wildman–Crippen MR) is 96.1 cm³/mol. The van der Waals surface area contributed by atoms with Gasteiger partial charge in [-0.05, 0) is 31.5 Å². The van der Waals surface area contributed by atoms with Crippen molar-refractivity contribution in [3.8, 4) is 34.4 Å². The van der Waals surface area contributed by atoms with Crippen LogP contribution in [0, 0.1) is 13.8 Å². The Morgan fingerprint density at radius 2 is 1.88 bits per heavy atom. The van der Waals surface area contributed by atoms with Gasteiger partial charge in [0, 0.05) is 11.6 Å². The molecule has 0 fully saturated rings. The summed E-state index contributed by atoms with van der Waals surface area (Å²) in [5.74, 6) is 1.63. The van der Waals surface area contributed by atoms with Crippen molar-refractivity contribution in [1.82, 2.24) is 25.1 Å². The van der Waals surface area contributed by atoms with Crippen LogP contribution in [0.3, 0.4) is 0 Å². The zero-order valence-electron chi connectivity index (χ0n) is 14.7. The predicted octanol–water partition coefficient (Wildman–Crippen LogP) is 3.61. The third-order valence-electron chi connectivity index (χ3n) is 4.21. The lowest BCUT2D eigenvalue weighted by atomic mass is 10.1. The van der Waals surface area contributed by atoms with Gasteiger partial charge in [-0.25, -0.2) is 4.68 Å². The van der Waals surface area contributed by atoms with Gasteiger partial charge in [0.2, 0.25) is 5.82 Å². The number of aryl methyl sites for hydroxylation is 1. The smallest absolute Gasteiger partial charge is 0.280 e. The lowest BCUT2D eigenvalue weighted by molar-refractivity contribution is 0.414. The molecule has 0 saturated heterocycles. The van der Waals surface area contributed by atoms with E-state index in [0.717, 1.165) is 28.3 Å². The second-order valence-corrected chi connectivity index (χ2v) is 5.87. The first-order chi connectivity index (χ1) is 12.7. The van der Waals surface area contributed by atoms with Crippen molar-refractivity contribution < 1.29 is 9.26 Å². The highest BCUT2D eigenvalue weighted by atomic mass is 16.5. The van der Waals surface area contributed by atoms with Crippen LogP contribution in [0.25, 0.3) is 28.7 Å². The van der Waals surface area contributed by atoms with Gasteiger partial charge in [0.05, 0.1) is 18.5 Å².